The number of halogens is 1. The summed E-state index contributed by atoms with van der Waals surface area (Å²) in [4.78, 5) is 14.6. The molecule has 2 rings (SSSR count). The van der Waals surface area contributed by atoms with E-state index in [1.54, 1.807) is 24.4 Å². The molecular weight excluding hydrogens is 280 g/mol. The third kappa shape index (κ3) is 3.36. The fourth-order valence-corrected chi connectivity index (χ4v) is 2.15. The molecule has 0 saturated carbocycles. The van der Waals surface area contributed by atoms with Crippen LogP contribution in [0, 0.1) is 10.1 Å². The quantitative estimate of drug-likeness (QED) is 0.336. The van der Waals surface area contributed by atoms with Crippen molar-refractivity contribution in [1.29, 1.82) is 0 Å². The predicted molar refractivity (Wildman–Crippen MR) is 78.5 cm³/mol. The molecule has 1 heterocycles. The molecule has 0 amide bonds. The normalized spacial score (nSPS) is 10.7. The highest BCUT2D eigenvalue weighted by Gasteiger charge is 2.15. The molecule has 0 radical (unpaired) electrons. The third-order valence-electron chi connectivity index (χ3n) is 2.94. The number of aromatic nitrogens is 1. The van der Waals surface area contributed by atoms with Crippen LogP contribution in [0.5, 0.6) is 5.75 Å². The van der Waals surface area contributed by atoms with Crippen molar-refractivity contribution in [3.05, 3.63) is 40.6 Å². The minimum atomic E-state index is -0.431. The number of benzene rings is 1. The molecule has 0 aliphatic carbocycles. The van der Waals surface area contributed by atoms with Gasteiger partial charge in [0.15, 0.2) is 5.52 Å². The minimum Gasteiger partial charge on any atom is -0.493 e. The first-order valence-corrected chi connectivity index (χ1v) is 6.98. The first-order chi connectivity index (χ1) is 9.74. The van der Waals surface area contributed by atoms with Crippen LogP contribution in [0.15, 0.2) is 30.5 Å². The number of hydrogen-bond acceptors (Lipinski definition) is 4. The van der Waals surface area contributed by atoms with E-state index in [-0.39, 0.29) is 5.69 Å². The Bertz CT molecular complexity index is 604. The molecule has 2 aromatic rings. The molecule has 1 aromatic heterocycles. The van der Waals surface area contributed by atoms with E-state index in [9.17, 15) is 10.1 Å². The molecule has 0 bridgehead atoms. The van der Waals surface area contributed by atoms with Crippen LogP contribution in [0.1, 0.15) is 19.3 Å². The van der Waals surface area contributed by atoms with Crippen molar-refractivity contribution < 1.29 is 9.66 Å². The summed E-state index contributed by atoms with van der Waals surface area (Å²) in [6.45, 7) is 0.568. The van der Waals surface area contributed by atoms with Gasteiger partial charge in [-0.05, 0) is 37.5 Å². The van der Waals surface area contributed by atoms with Crippen LogP contribution in [0.3, 0.4) is 0 Å². The lowest BCUT2D eigenvalue weighted by Crippen LogP contribution is -1.99. The number of hydrogen-bond donors (Lipinski definition) is 0. The Hall–Kier alpha value is -1.88. The van der Waals surface area contributed by atoms with Crippen molar-refractivity contribution in [3.63, 3.8) is 0 Å². The Balaban J connectivity index is 2.18. The molecule has 0 N–H and O–H groups in total. The van der Waals surface area contributed by atoms with Crippen LogP contribution in [-0.4, -0.2) is 22.4 Å². The maximum atomic E-state index is 11.0. The second-order valence-corrected chi connectivity index (χ2v) is 4.72. The topological polar surface area (TPSA) is 65.3 Å². The minimum absolute atomic E-state index is 0.00455. The Morgan fingerprint density at radius 1 is 1.25 bits per heavy atom. The zero-order chi connectivity index (χ0) is 14.4. The van der Waals surface area contributed by atoms with Gasteiger partial charge in [0.05, 0.1) is 11.5 Å². The van der Waals surface area contributed by atoms with Gasteiger partial charge < -0.3 is 4.74 Å². The average Bonchev–Trinajstić information content (AvgIpc) is 2.46. The summed E-state index contributed by atoms with van der Waals surface area (Å²) < 4.78 is 5.69. The standard InChI is InChI=1S/C14H15ClN2O3/c15-8-2-1-3-10-20-13-7-6-12(17(18)19)14-11(13)5-4-9-16-14/h4-7,9H,1-3,8,10H2. The van der Waals surface area contributed by atoms with Crippen LogP contribution in [0.4, 0.5) is 5.69 Å². The molecule has 1 aromatic carbocycles. The van der Waals surface area contributed by atoms with Crippen molar-refractivity contribution >= 4 is 28.2 Å². The first-order valence-electron chi connectivity index (χ1n) is 6.45. The second-order valence-electron chi connectivity index (χ2n) is 4.34. The summed E-state index contributed by atoms with van der Waals surface area (Å²) in [5.41, 5.74) is 0.353. The highest BCUT2D eigenvalue weighted by molar-refractivity contribution is 6.17. The lowest BCUT2D eigenvalue weighted by molar-refractivity contribution is -0.383. The zero-order valence-electron chi connectivity index (χ0n) is 10.9. The summed E-state index contributed by atoms with van der Waals surface area (Å²) in [6.07, 6.45) is 4.42. The SMILES string of the molecule is O=[N+]([O-])c1ccc(OCCCCCCl)c2cccnc12. The Morgan fingerprint density at radius 3 is 2.85 bits per heavy atom. The van der Waals surface area contributed by atoms with E-state index in [1.807, 2.05) is 0 Å². The number of pyridine rings is 1. The van der Waals surface area contributed by atoms with Crippen LogP contribution >= 0.6 is 11.6 Å². The number of nitrogens with zero attached hydrogens (tertiary/aromatic N) is 2. The molecular formula is C14H15ClN2O3. The molecule has 0 atom stereocenters. The van der Waals surface area contributed by atoms with Gasteiger partial charge in [-0.25, -0.2) is 4.98 Å². The van der Waals surface area contributed by atoms with E-state index < -0.39 is 4.92 Å². The monoisotopic (exact) mass is 294 g/mol. The number of fused-ring (bicyclic) bond motifs is 1. The average molecular weight is 295 g/mol. The number of unbranched alkanes of at least 4 members (excludes halogenated alkanes) is 2. The molecule has 0 unspecified atom stereocenters. The van der Waals surface area contributed by atoms with Crippen molar-refractivity contribution in [1.82, 2.24) is 4.98 Å². The highest BCUT2D eigenvalue weighted by Crippen LogP contribution is 2.31. The van der Waals surface area contributed by atoms with E-state index >= 15 is 0 Å². The number of alkyl halides is 1. The molecule has 0 fully saturated rings. The van der Waals surface area contributed by atoms with E-state index in [0.717, 1.165) is 19.3 Å². The van der Waals surface area contributed by atoms with Gasteiger partial charge >= 0.3 is 0 Å². The van der Waals surface area contributed by atoms with Crippen molar-refractivity contribution in [2.45, 2.75) is 19.3 Å². The molecule has 0 aliphatic rings. The summed E-state index contributed by atoms with van der Waals surface area (Å²) in [6, 6.07) is 6.59. The zero-order valence-corrected chi connectivity index (χ0v) is 11.7. The number of ether oxygens (including phenoxy) is 1. The van der Waals surface area contributed by atoms with Gasteiger partial charge in [-0.15, -0.1) is 11.6 Å². The largest absolute Gasteiger partial charge is 0.493 e. The summed E-state index contributed by atoms with van der Waals surface area (Å²) in [5.74, 6) is 1.29. The van der Waals surface area contributed by atoms with E-state index in [1.165, 1.54) is 6.07 Å². The fourth-order valence-electron chi connectivity index (χ4n) is 1.96. The Morgan fingerprint density at radius 2 is 2.10 bits per heavy atom. The highest BCUT2D eigenvalue weighted by atomic mass is 35.5. The summed E-state index contributed by atoms with van der Waals surface area (Å²) in [5, 5.41) is 11.6. The van der Waals surface area contributed by atoms with Crippen molar-refractivity contribution in [2.24, 2.45) is 0 Å². The van der Waals surface area contributed by atoms with Gasteiger partial charge in [0.25, 0.3) is 5.69 Å². The van der Waals surface area contributed by atoms with Crippen molar-refractivity contribution in [2.75, 3.05) is 12.5 Å². The van der Waals surface area contributed by atoms with Gasteiger partial charge in [-0.1, -0.05) is 0 Å². The second kappa shape index (κ2) is 7.05. The molecule has 0 aliphatic heterocycles. The predicted octanol–water partition coefficient (Wildman–Crippen LogP) is 3.93. The maximum absolute atomic E-state index is 11.0. The molecule has 0 saturated heterocycles. The van der Waals surface area contributed by atoms with Gasteiger partial charge in [-0.3, -0.25) is 10.1 Å². The summed E-state index contributed by atoms with van der Waals surface area (Å²) >= 11 is 5.61. The molecule has 0 spiro atoms. The fraction of sp³-hybridized carbons (Fsp3) is 0.357. The summed E-state index contributed by atoms with van der Waals surface area (Å²) in [7, 11) is 0. The van der Waals surface area contributed by atoms with Gasteiger partial charge in [-0.2, -0.15) is 0 Å². The number of non-ortho nitro benzene ring substituents is 1. The molecule has 6 heteroatoms. The smallest absolute Gasteiger partial charge is 0.295 e. The Kier molecular flexibility index (Phi) is 5.12. The van der Waals surface area contributed by atoms with E-state index in [2.05, 4.69) is 4.98 Å². The van der Waals surface area contributed by atoms with E-state index in [0.29, 0.717) is 29.1 Å². The molecule has 20 heavy (non-hydrogen) atoms. The van der Waals surface area contributed by atoms with Crippen LogP contribution in [0.25, 0.3) is 10.9 Å². The first kappa shape index (κ1) is 14.5. The lowest BCUT2D eigenvalue weighted by atomic mass is 10.1. The van der Waals surface area contributed by atoms with Crippen molar-refractivity contribution in [3.8, 4) is 5.75 Å². The number of nitro benzene ring substituents is 1. The van der Waals surface area contributed by atoms with Crippen LogP contribution in [0.2, 0.25) is 0 Å². The number of nitro groups is 1. The van der Waals surface area contributed by atoms with Gasteiger partial charge in [0.2, 0.25) is 0 Å². The van der Waals surface area contributed by atoms with Crippen LogP contribution < -0.4 is 4.74 Å². The molecule has 5 nitrogen and oxygen atoms in total. The van der Waals surface area contributed by atoms with Crippen LogP contribution in [-0.2, 0) is 0 Å². The van der Waals surface area contributed by atoms with Gasteiger partial charge in [0.1, 0.15) is 5.75 Å². The lowest BCUT2D eigenvalue weighted by Gasteiger charge is -2.08. The third-order valence-corrected chi connectivity index (χ3v) is 3.21. The van der Waals surface area contributed by atoms with E-state index in [4.69, 9.17) is 16.3 Å². The molecule has 106 valence electrons. The van der Waals surface area contributed by atoms with Gasteiger partial charge in [0, 0.05) is 23.5 Å². The Labute approximate surface area is 121 Å². The number of rotatable bonds is 7. The maximum Gasteiger partial charge on any atom is 0.295 e.